The minimum absolute atomic E-state index is 0.232. The van der Waals surface area contributed by atoms with Gasteiger partial charge in [-0.05, 0) is 30.4 Å². The zero-order valence-corrected chi connectivity index (χ0v) is 13.5. The van der Waals surface area contributed by atoms with Crippen LogP contribution in [0.3, 0.4) is 0 Å². The molecule has 0 aromatic carbocycles. The van der Waals surface area contributed by atoms with Gasteiger partial charge in [0, 0.05) is 4.88 Å². The SMILES string of the molecule is CCCCCCCCCCCC(O)c1sccc1C. The largest absolute Gasteiger partial charge is 0.388 e. The topological polar surface area (TPSA) is 20.2 Å². The fourth-order valence-electron chi connectivity index (χ4n) is 2.51. The van der Waals surface area contributed by atoms with Gasteiger partial charge in [-0.2, -0.15) is 0 Å². The number of thiophene rings is 1. The van der Waals surface area contributed by atoms with Crippen molar-refractivity contribution in [2.45, 2.75) is 84.2 Å². The first-order valence-electron chi connectivity index (χ1n) is 7.97. The molecule has 1 atom stereocenters. The lowest BCUT2D eigenvalue weighted by Crippen LogP contribution is -1.96. The third-order valence-electron chi connectivity index (χ3n) is 3.79. The van der Waals surface area contributed by atoms with Gasteiger partial charge in [0.15, 0.2) is 0 Å². The van der Waals surface area contributed by atoms with Crippen molar-refractivity contribution in [3.05, 3.63) is 21.9 Å². The van der Waals surface area contributed by atoms with E-state index in [1.54, 1.807) is 11.3 Å². The zero-order chi connectivity index (χ0) is 13.9. The van der Waals surface area contributed by atoms with Crippen LogP contribution in [-0.4, -0.2) is 5.11 Å². The molecule has 0 saturated carbocycles. The maximum absolute atomic E-state index is 10.1. The van der Waals surface area contributed by atoms with Gasteiger partial charge in [0.25, 0.3) is 0 Å². The summed E-state index contributed by atoms with van der Waals surface area (Å²) < 4.78 is 0. The molecule has 19 heavy (non-hydrogen) atoms. The number of aryl methyl sites for hydroxylation is 1. The standard InChI is InChI=1S/C17H30OS/c1-3-4-5-6-7-8-9-10-11-12-16(18)17-15(2)13-14-19-17/h13-14,16,18H,3-12H2,1-2H3. The summed E-state index contributed by atoms with van der Waals surface area (Å²) in [7, 11) is 0. The van der Waals surface area contributed by atoms with Crippen LogP contribution in [0.15, 0.2) is 11.4 Å². The molecule has 0 bridgehead atoms. The Labute approximate surface area is 123 Å². The van der Waals surface area contributed by atoms with Gasteiger partial charge in [-0.3, -0.25) is 0 Å². The molecular formula is C17H30OS. The van der Waals surface area contributed by atoms with Crippen molar-refractivity contribution in [3.63, 3.8) is 0 Å². The highest BCUT2D eigenvalue weighted by Crippen LogP contribution is 2.27. The Morgan fingerprint density at radius 1 is 1.00 bits per heavy atom. The summed E-state index contributed by atoms with van der Waals surface area (Å²) in [5, 5.41) is 12.2. The number of hydrogen-bond acceptors (Lipinski definition) is 2. The van der Waals surface area contributed by atoms with E-state index in [2.05, 4.69) is 25.3 Å². The van der Waals surface area contributed by atoms with Crippen LogP contribution in [0, 0.1) is 6.92 Å². The number of aliphatic hydroxyl groups is 1. The summed E-state index contributed by atoms with van der Waals surface area (Å²) in [6.45, 7) is 4.35. The summed E-state index contributed by atoms with van der Waals surface area (Å²) in [5.74, 6) is 0. The minimum Gasteiger partial charge on any atom is -0.388 e. The molecule has 1 N–H and O–H groups in total. The summed E-state index contributed by atoms with van der Waals surface area (Å²) in [5.41, 5.74) is 1.24. The molecular weight excluding hydrogens is 252 g/mol. The van der Waals surface area contributed by atoms with Crippen LogP contribution in [0.5, 0.6) is 0 Å². The average molecular weight is 282 g/mol. The van der Waals surface area contributed by atoms with E-state index in [1.165, 1.54) is 61.8 Å². The van der Waals surface area contributed by atoms with Gasteiger partial charge in [-0.15, -0.1) is 11.3 Å². The predicted molar refractivity (Wildman–Crippen MR) is 85.9 cm³/mol. The molecule has 0 spiro atoms. The molecule has 0 aliphatic heterocycles. The molecule has 110 valence electrons. The second-order valence-electron chi connectivity index (χ2n) is 5.60. The van der Waals surface area contributed by atoms with E-state index in [0.29, 0.717) is 0 Å². The van der Waals surface area contributed by atoms with E-state index in [-0.39, 0.29) is 6.10 Å². The Kier molecular flexibility index (Phi) is 9.19. The summed E-state index contributed by atoms with van der Waals surface area (Å²) in [6.07, 6.45) is 12.8. The molecule has 0 radical (unpaired) electrons. The fraction of sp³-hybridized carbons (Fsp3) is 0.765. The lowest BCUT2D eigenvalue weighted by molar-refractivity contribution is 0.166. The van der Waals surface area contributed by atoms with Gasteiger partial charge in [0.05, 0.1) is 6.10 Å². The van der Waals surface area contributed by atoms with Gasteiger partial charge >= 0.3 is 0 Å². The molecule has 1 unspecified atom stereocenters. The predicted octanol–water partition coefficient (Wildman–Crippen LogP) is 6.01. The molecule has 1 aromatic rings. The molecule has 0 saturated heterocycles. The Morgan fingerprint density at radius 3 is 2.11 bits per heavy atom. The Morgan fingerprint density at radius 2 is 1.58 bits per heavy atom. The average Bonchev–Trinajstić information content (AvgIpc) is 2.83. The summed E-state index contributed by atoms with van der Waals surface area (Å²) in [6, 6.07) is 2.10. The highest BCUT2D eigenvalue weighted by Gasteiger charge is 2.10. The van der Waals surface area contributed by atoms with E-state index < -0.39 is 0 Å². The minimum atomic E-state index is -0.232. The second-order valence-corrected chi connectivity index (χ2v) is 6.55. The third-order valence-corrected chi connectivity index (χ3v) is 4.91. The van der Waals surface area contributed by atoms with Gasteiger partial charge < -0.3 is 5.11 Å². The molecule has 1 rings (SSSR count). The first-order valence-corrected chi connectivity index (χ1v) is 8.85. The first-order chi connectivity index (χ1) is 9.25. The van der Waals surface area contributed by atoms with E-state index in [9.17, 15) is 5.11 Å². The maximum atomic E-state index is 10.1. The van der Waals surface area contributed by atoms with Crippen molar-refractivity contribution >= 4 is 11.3 Å². The van der Waals surface area contributed by atoms with Crippen LogP contribution in [-0.2, 0) is 0 Å². The van der Waals surface area contributed by atoms with Crippen molar-refractivity contribution in [2.75, 3.05) is 0 Å². The normalized spacial score (nSPS) is 12.8. The Balaban J connectivity index is 1.95. The second kappa shape index (κ2) is 10.4. The van der Waals surface area contributed by atoms with Crippen molar-refractivity contribution in [1.29, 1.82) is 0 Å². The maximum Gasteiger partial charge on any atom is 0.0884 e. The quantitative estimate of drug-likeness (QED) is 0.493. The van der Waals surface area contributed by atoms with Gasteiger partial charge in [-0.25, -0.2) is 0 Å². The lowest BCUT2D eigenvalue weighted by atomic mass is 10.0. The highest BCUT2D eigenvalue weighted by atomic mass is 32.1. The van der Waals surface area contributed by atoms with Crippen molar-refractivity contribution in [2.24, 2.45) is 0 Å². The molecule has 0 aliphatic carbocycles. The number of hydrogen-bond donors (Lipinski definition) is 1. The third kappa shape index (κ3) is 7.12. The number of unbranched alkanes of at least 4 members (excludes halogenated alkanes) is 8. The number of rotatable bonds is 11. The Bertz CT molecular complexity index is 319. The smallest absolute Gasteiger partial charge is 0.0884 e. The highest BCUT2D eigenvalue weighted by molar-refractivity contribution is 7.10. The van der Waals surface area contributed by atoms with Crippen LogP contribution in [0.4, 0.5) is 0 Å². The zero-order valence-electron chi connectivity index (χ0n) is 12.7. The molecule has 0 aliphatic rings. The monoisotopic (exact) mass is 282 g/mol. The fourth-order valence-corrected chi connectivity index (χ4v) is 3.45. The van der Waals surface area contributed by atoms with E-state index in [4.69, 9.17) is 0 Å². The van der Waals surface area contributed by atoms with E-state index in [1.807, 2.05) is 0 Å². The van der Waals surface area contributed by atoms with Crippen molar-refractivity contribution < 1.29 is 5.11 Å². The first kappa shape index (κ1) is 16.7. The lowest BCUT2D eigenvalue weighted by Gasteiger charge is -2.09. The Hall–Kier alpha value is -0.340. The molecule has 1 aromatic heterocycles. The van der Waals surface area contributed by atoms with Crippen LogP contribution in [0.1, 0.15) is 87.7 Å². The van der Waals surface area contributed by atoms with Crippen LogP contribution >= 0.6 is 11.3 Å². The van der Waals surface area contributed by atoms with Crippen LogP contribution in [0.25, 0.3) is 0 Å². The summed E-state index contributed by atoms with van der Waals surface area (Å²) in [4.78, 5) is 1.17. The van der Waals surface area contributed by atoms with Crippen LogP contribution < -0.4 is 0 Å². The van der Waals surface area contributed by atoms with E-state index in [0.717, 1.165) is 12.8 Å². The van der Waals surface area contributed by atoms with Crippen molar-refractivity contribution in [1.82, 2.24) is 0 Å². The van der Waals surface area contributed by atoms with Crippen molar-refractivity contribution in [3.8, 4) is 0 Å². The van der Waals surface area contributed by atoms with Crippen LogP contribution in [0.2, 0.25) is 0 Å². The van der Waals surface area contributed by atoms with Gasteiger partial charge in [-0.1, -0.05) is 64.7 Å². The summed E-state index contributed by atoms with van der Waals surface area (Å²) >= 11 is 1.69. The molecule has 2 heteroatoms. The molecule has 0 amide bonds. The molecule has 1 nitrogen and oxygen atoms in total. The van der Waals surface area contributed by atoms with Gasteiger partial charge in [0.1, 0.15) is 0 Å². The van der Waals surface area contributed by atoms with Gasteiger partial charge in [0.2, 0.25) is 0 Å². The number of aliphatic hydroxyl groups excluding tert-OH is 1. The van der Waals surface area contributed by atoms with E-state index >= 15 is 0 Å². The molecule has 0 fully saturated rings. The molecule has 1 heterocycles.